The summed E-state index contributed by atoms with van der Waals surface area (Å²) >= 11 is 0. The van der Waals surface area contributed by atoms with Gasteiger partial charge in [0.2, 0.25) is 5.75 Å². The van der Waals surface area contributed by atoms with Crippen LogP contribution >= 0.6 is 0 Å². The summed E-state index contributed by atoms with van der Waals surface area (Å²) in [5, 5.41) is 0.416. The van der Waals surface area contributed by atoms with Crippen LogP contribution in [0.2, 0.25) is 0 Å². The quantitative estimate of drug-likeness (QED) is 0.0918. The molecule has 1 aromatic heterocycles. The number of ether oxygens (including phenoxy) is 3. The second-order valence-electron chi connectivity index (χ2n) is 9.78. The Balaban J connectivity index is 2.14. The molecule has 0 atom stereocenters. The Morgan fingerprint density at radius 3 is 2.27 bits per heavy atom. The van der Waals surface area contributed by atoms with E-state index in [1.54, 1.807) is 18.2 Å². The van der Waals surface area contributed by atoms with E-state index in [2.05, 4.69) is 33.8 Å². The average molecular weight is 513 g/mol. The summed E-state index contributed by atoms with van der Waals surface area (Å²) < 4.78 is 22.9. The van der Waals surface area contributed by atoms with Crippen molar-refractivity contribution in [3.05, 3.63) is 51.9 Å². The second kappa shape index (κ2) is 16.7. The summed E-state index contributed by atoms with van der Waals surface area (Å²) in [5.41, 5.74) is 2.14. The van der Waals surface area contributed by atoms with E-state index in [0.29, 0.717) is 24.3 Å². The summed E-state index contributed by atoms with van der Waals surface area (Å²) in [7, 11) is 0. The molecular formula is C31H44O6. The maximum atomic E-state index is 12.7. The highest BCUT2D eigenvalue weighted by atomic mass is 16.6. The molecule has 0 aliphatic carbocycles. The Kier molecular flexibility index (Phi) is 13.6. The van der Waals surface area contributed by atoms with Crippen molar-refractivity contribution >= 4 is 16.9 Å². The highest BCUT2D eigenvalue weighted by molar-refractivity contribution is 5.93. The van der Waals surface area contributed by atoms with Crippen molar-refractivity contribution in [1.82, 2.24) is 0 Å². The van der Waals surface area contributed by atoms with Gasteiger partial charge in [-0.2, -0.15) is 0 Å². The van der Waals surface area contributed by atoms with Crippen molar-refractivity contribution in [2.45, 2.75) is 98.8 Å². The van der Waals surface area contributed by atoms with Crippen molar-refractivity contribution < 1.29 is 23.4 Å². The van der Waals surface area contributed by atoms with Crippen LogP contribution in [0.1, 0.15) is 98.8 Å². The third kappa shape index (κ3) is 10.9. The number of rotatable bonds is 17. The van der Waals surface area contributed by atoms with Gasteiger partial charge in [0.25, 0.3) is 0 Å². The highest BCUT2D eigenvalue weighted by Crippen LogP contribution is 2.39. The lowest BCUT2D eigenvalue weighted by Crippen LogP contribution is -2.13. The van der Waals surface area contributed by atoms with Crippen LogP contribution in [0.4, 0.5) is 0 Å². The summed E-state index contributed by atoms with van der Waals surface area (Å²) in [4.78, 5) is 24.7. The van der Waals surface area contributed by atoms with Crippen LogP contribution in [0.25, 0.3) is 11.0 Å². The minimum atomic E-state index is -0.671. The van der Waals surface area contributed by atoms with Gasteiger partial charge in [-0.1, -0.05) is 75.2 Å². The van der Waals surface area contributed by atoms with E-state index in [-0.39, 0.29) is 17.1 Å². The van der Waals surface area contributed by atoms with Crippen LogP contribution in [0.5, 0.6) is 17.2 Å². The molecule has 1 aromatic carbocycles. The molecule has 2 rings (SSSR count). The first-order valence-corrected chi connectivity index (χ1v) is 13.7. The molecule has 2 aromatic rings. The van der Waals surface area contributed by atoms with Crippen LogP contribution in [0.3, 0.4) is 0 Å². The fourth-order valence-corrected chi connectivity index (χ4v) is 4.03. The molecule has 0 aliphatic rings. The van der Waals surface area contributed by atoms with Crippen molar-refractivity contribution in [3.63, 3.8) is 0 Å². The zero-order valence-corrected chi connectivity index (χ0v) is 23.3. The van der Waals surface area contributed by atoms with E-state index in [0.717, 1.165) is 32.1 Å². The molecule has 0 fully saturated rings. The number of benzene rings is 1. The van der Waals surface area contributed by atoms with Gasteiger partial charge < -0.3 is 18.6 Å². The Bertz CT molecular complexity index is 1100. The number of allylic oxidation sites excluding steroid dienone is 3. The largest absolute Gasteiger partial charge is 0.489 e. The smallest absolute Gasteiger partial charge is 0.383 e. The summed E-state index contributed by atoms with van der Waals surface area (Å²) in [6, 6.07) is 5.16. The molecular weight excluding hydrogens is 468 g/mol. The van der Waals surface area contributed by atoms with Gasteiger partial charge in [0.15, 0.2) is 5.75 Å². The average Bonchev–Trinajstić information content (AvgIpc) is 2.83. The number of fused-ring (bicyclic) bond motifs is 1. The minimum Gasteiger partial charge on any atom is -0.489 e. The van der Waals surface area contributed by atoms with E-state index < -0.39 is 11.6 Å². The van der Waals surface area contributed by atoms with Gasteiger partial charge in [-0.25, -0.2) is 4.79 Å². The van der Waals surface area contributed by atoms with Crippen LogP contribution in [0, 0.1) is 0 Å². The zero-order valence-electron chi connectivity index (χ0n) is 23.3. The third-order valence-electron chi connectivity index (χ3n) is 6.06. The summed E-state index contributed by atoms with van der Waals surface area (Å²) in [6.45, 7) is 10.5. The number of esters is 1. The molecule has 1 heterocycles. The summed E-state index contributed by atoms with van der Waals surface area (Å²) in [5.74, 6) is -0.121. The van der Waals surface area contributed by atoms with Gasteiger partial charge in [0, 0.05) is 6.92 Å². The predicted octanol–water partition coefficient (Wildman–Crippen LogP) is 8.31. The van der Waals surface area contributed by atoms with E-state index >= 15 is 0 Å². The molecule has 0 radical (unpaired) electrons. The lowest BCUT2D eigenvalue weighted by atomic mass is 10.1. The van der Waals surface area contributed by atoms with Gasteiger partial charge >= 0.3 is 11.6 Å². The fourth-order valence-electron chi connectivity index (χ4n) is 4.03. The molecule has 204 valence electrons. The first kappa shape index (κ1) is 30.2. The van der Waals surface area contributed by atoms with Crippen LogP contribution in [-0.4, -0.2) is 19.2 Å². The van der Waals surface area contributed by atoms with Gasteiger partial charge in [-0.3, -0.25) is 4.79 Å². The molecule has 0 spiro atoms. The Morgan fingerprint density at radius 1 is 0.892 bits per heavy atom. The molecule has 0 amide bonds. The van der Waals surface area contributed by atoms with Crippen molar-refractivity contribution in [2.24, 2.45) is 0 Å². The van der Waals surface area contributed by atoms with Crippen molar-refractivity contribution in [3.8, 4) is 17.2 Å². The molecule has 37 heavy (non-hydrogen) atoms. The lowest BCUT2D eigenvalue weighted by Gasteiger charge is -2.14. The highest BCUT2D eigenvalue weighted by Gasteiger charge is 2.22. The molecule has 0 aliphatic heterocycles. The van der Waals surface area contributed by atoms with Crippen molar-refractivity contribution in [2.75, 3.05) is 13.2 Å². The maximum absolute atomic E-state index is 12.7. The second-order valence-corrected chi connectivity index (χ2v) is 9.78. The fraction of sp³-hybridized carbons (Fsp3) is 0.548. The van der Waals surface area contributed by atoms with E-state index in [1.165, 1.54) is 50.2 Å². The lowest BCUT2D eigenvalue weighted by molar-refractivity contribution is -0.131. The van der Waals surface area contributed by atoms with Gasteiger partial charge in [0.05, 0.1) is 6.61 Å². The Labute approximate surface area is 221 Å². The maximum Gasteiger partial charge on any atom is 0.383 e. The molecule has 0 saturated heterocycles. The zero-order chi connectivity index (χ0) is 27.0. The molecule has 6 nitrogen and oxygen atoms in total. The molecule has 0 bridgehead atoms. The SMILES string of the molecule is CCCCCCCCCCOc1c(OC(C)=O)c2c(OC/C=C(\C)CCC=C(C)C)cccc2oc1=O. The number of carbonyl (C=O) groups excluding carboxylic acids is 1. The summed E-state index contributed by atoms with van der Waals surface area (Å²) in [6.07, 6.45) is 15.4. The molecule has 0 unspecified atom stereocenters. The number of hydrogen-bond donors (Lipinski definition) is 0. The first-order valence-electron chi connectivity index (χ1n) is 13.7. The Morgan fingerprint density at radius 2 is 1.59 bits per heavy atom. The van der Waals surface area contributed by atoms with E-state index in [9.17, 15) is 9.59 Å². The molecule has 6 heteroatoms. The number of unbranched alkanes of at least 4 members (excludes halogenated alkanes) is 7. The Hall–Kier alpha value is -3.02. The monoisotopic (exact) mass is 512 g/mol. The minimum absolute atomic E-state index is 0.0539. The van der Waals surface area contributed by atoms with Crippen molar-refractivity contribution in [1.29, 1.82) is 0 Å². The standard InChI is InChI=1S/C31H44O6/c1-6-7-8-9-10-11-12-13-21-35-30-29(36-25(5)32)28-26(18-15-19-27(28)37-31(30)33)34-22-20-24(4)17-14-16-23(2)3/h15-16,18-20H,6-14,17,21-22H2,1-5H3/b24-20+. The van der Waals surface area contributed by atoms with Crippen LogP contribution in [-0.2, 0) is 4.79 Å². The third-order valence-corrected chi connectivity index (χ3v) is 6.06. The first-order chi connectivity index (χ1) is 17.8. The number of carbonyl (C=O) groups is 1. The van der Waals surface area contributed by atoms with Crippen LogP contribution in [0.15, 0.2) is 50.7 Å². The normalized spacial score (nSPS) is 11.4. The van der Waals surface area contributed by atoms with E-state index in [4.69, 9.17) is 18.6 Å². The number of hydrogen-bond acceptors (Lipinski definition) is 6. The van der Waals surface area contributed by atoms with Crippen LogP contribution < -0.4 is 19.8 Å². The van der Waals surface area contributed by atoms with Gasteiger partial charge in [-0.15, -0.1) is 0 Å². The topological polar surface area (TPSA) is 75.0 Å². The molecule has 0 saturated carbocycles. The predicted molar refractivity (Wildman–Crippen MR) is 150 cm³/mol. The van der Waals surface area contributed by atoms with Gasteiger partial charge in [-0.05, 0) is 58.2 Å². The van der Waals surface area contributed by atoms with E-state index in [1.807, 2.05) is 6.08 Å². The molecule has 0 N–H and O–H groups in total. The van der Waals surface area contributed by atoms with Gasteiger partial charge in [0.1, 0.15) is 23.3 Å².